The van der Waals surface area contributed by atoms with Gasteiger partial charge in [0, 0.05) is 5.69 Å². The van der Waals surface area contributed by atoms with Crippen LogP contribution in [0.4, 0.5) is 5.69 Å². The zero-order valence-corrected chi connectivity index (χ0v) is 11.4. The van der Waals surface area contributed by atoms with E-state index in [4.69, 9.17) is 4.74 Å². The number of carbonyl (C=O) groups excluding carboxylic acids is 1. The van der Waals surface area contributed by atoms with E-state index in [1.807, 2.05) is 18.2 Å². The standard InChI is InChI=1S/C15H17N3O2/c1-20-13-9-5-4-8-12(13)18-15(19)14-16-10-6-2-3-7-11(10)17-14/h4-5,8-9H,2-3,6-7H2,1H3,(H,16,17)(H,18,19). The third kappa shape index (κ3) is 2.39. The number of imidazole rings is 1. The van der Waals surface area contributed by atoms with Gasteiger partial charge < -0.3 is 15.0 Å². The predicted molar refractivity (Wildman–Crippen MR) is 76.2 cm³/mol. The van der Waals surface area contributed by atoms with Crippen molar-refractivity contribution in [2.24, 2.45) is 0 Å². The van der Waals surface area contributed by atoms with Gasteiger partial charge in [0.05, 0.1) is 18.5 Å². The number of rotatable bonds is 3. The van der Waals surface area contributed by atoms with Gasteiger partial charge in [-0.1, -0.05) is 12.1 Å². The van der Waals surface area contributed by atoms with Crippen LogP contribution in [0.1, 0.15) is 34.8 Å². The van der Waals surface area contributed by atoms with Crippen molar-refractivity contribution >= 4 is 11.6 Å². The lowest BCUT2D eigenvalue weighted by Crippen LogP contribution is -2.14. The van der Waals surface area contributed by atoms with Crippen molar-refractivity contribution in [1.29, 1.82) is 0 Å². The molecule has 0 saturated carbocycles. The van der Waals surface area contributed by atoms with Crippen molar-refractivity contribution in [3.8, 4) is 5.75 Å². The summed E-state index contributed by atoms with van der Waals surface area (Å²) in [6, 6.07) is 7.33. The van der Waals surface area contributed by atoms with Crippen molar-refractivity contribution in [3.05, 3.63) is 41.5 Å². The molecule has 1 aliphatic carbocycles. The molecule has 104 valence electrons. The van der Waals surface area contributed by atoms with Crippen molar-refractivity contribution in [1.82, 2.24) is 9.97 Å². The number of hydrogen-bond acceptors (Lipinski definition) is 3. The Bertz CT molecular complexity index is 610. The molecule has 1 amide bonds. The molecule has 0 bridgehead atoms. The summed E-state index contributed by atoms with van der Waals surface area (Å²) in [4.78, 5) is 19.8. The van der Waals surface area contributed by atoms with E-state index in [2.05, 4.69) is 15.3 Å². The summed E-state index contributed by atoms with van der Waals surface area (Å²) in [6.07, 6.45) is 4.23. The molecule has 1 heterocycles. The Kier molecular flexibility index (Phi) is 3.41. The van der Waals surface area contributed by atoms with Gasteiger partial charge in [0.2, 0.25) is 0 Å². The van der Waals surface area contributed by atoms with Crippen molar-refractivity contribution in [2.75, 3.05) is 12.4 Å². The number of nitrogens with one attached hydrogen (secondary N) is 2. The third-order valence-corrected chi connectivity index (χ3v) is 3.53. The fraction of sp³-hybridized carbons (Fsp3) is 0.333. The van der Waals surface area contributed by atoms with Gasteiger partial charge in [-0.15, -0.1) is 0 Å². The molecule has 1 aromatic carbocycles. The lowest BCUT2D eigenvalue weighted by Gasteiger charge is -2.08. The van der Waals surface area contributed by atoms with Gasteiger partial charge in [-0.3, -0.25) is 4.79 Å². The first-order chi connectivity index (χ1) is 9.78. The number of H-pyrrole nitrogens is 1. The Balaban J connectivity index is 1.81. The minimum absolute atomic E-state index is 0.233. The first-order valence-electron chi connectivity index (χ1n) is 6.80. The van der Waals surface area contributed by atoms with Crippen LogP contribution < -0.4 is 10.1 Å². The molecule has 0 radical (unpaired) electrons. The van der Waals surface area contributed by atoms with Gasteiger partial charge in [-0.05, 0) is 37.8 Å². The number of para-hydroxylation sites is 2. The van der Waals surface area contributed by atoms with E-state index in [1.54, 1.807) is 13.2 Å². The molecule has 5 nitrogen and oxygen atoms in total. The van der Waals surface area contributed by atoms with E-state index >= 15 is 0 Å². The average Bonchev–Trinajstić information content (AvgIpc) is 2.92. The van der Waals surface area contributed by atoms with Crippen molar-refractivity contribution < 1.29 is 9.53 Å². The van der Waals surface area contributed by atoms with Gasteiger partial charge in [0.25, 0.3) is 5.91 Å². The monoisotopic (exact) mass is 271 g/mol. The number of fused-ring (bicyclic) bond motifs is 1. The van der Waals surface area contributed by atoms with E-state index < -0.39 is 0 Å². The van der Waals surface area contributed by atoms with Crippen molar-refractivity contribution in [3.63, 3.8) is 0 Å². The maximum atomic E-state index is 12.2. The summed E-state index contributed by atoms with van der Waals surface area (Å²) in [7, 11) is 1.58. The van der Waals surface area contributed by atoms with Crippen LogP contribution in [0, 0.1) is 0 Å². The highest BCUT2D eigenvalue weighted by molar-refractivity contribution is 6.02. The van der Waals surface area contributed by atoms with Crippen LogP contribution in [0.15, 0.2) is 24.3 Å². The number of amides is 1. The predicted octanol–water partition coefficient (Wildman–Crippen LogP) is 2.55. The van der Waals surface area contributed by atoms with Gasteiger partial charge >= 0.3 is 0 Å². The number of aryl methyl sites for hydroxylation is 2. The smallest absolute Gasteiger partial charge is 0.291 e. The molecule has 0 saturated heterocycles. The Morgan fingerprint density at radius 2 is 2.10 bits per heavy atom. The summed E-state index contributed by atoms with van der Waals surface area (Å²) < 4.78 is 5.22. The molecular formula is C15H17N3O2. The van der Waals surface area contributed by atoms with Crippen LogP contribution in [-0.2, 0) is 12.8 Å². The SMILES string of the molecule is COc1ccccc1NC(=O)c1nc2c([nH]1)CCCC2. The lowest BCUT2D eigenvalue weighted by molar-refractivity contribution is 0.101. The van der Waals surface area contributed by atoms with Crippen molar-refractivity contribution in [2.45, 2.75) is 25.7 Å². The number of hydrogen-bond donors (Lipinski definition) is 2. The Morgan fingerprint density at radius 3 is 2.90 bits per heavy atom. The Hall–Kier alpha value is -2.30. The first-order valence-corrected chi connectivity index (χ1v) is 6.80. The maximum absolute atomic E-state index is 12.2. The summed E-state index contributed by atoms with van der Waals surface area (Å²) >= 11 is 0. The molecular weight excluding hydrogens is 254 g/mol. The normalized spacial score (nSPS) is 13.7. The number of aromatic amines is 1. The second-order valence-corrected chi connectivity index (χ2v) is 4.87. The van der Waals surface area contributed by atoms with Gasteiger partial charge in [0.1, 0.15) is 5.75 Å². The number of aromatic nitrogens is 2. The number of anilines is 1. The minimum atomic E-state index is -0.233. The van der Waals surface area contributed by atoms with E-state index in [-0.39, 0.29) is 5.91 Å². The summed E-state index contributed by atoms with van der Waals surface area (Å²) in [5.41, 5.74) is 2.78. The third-order valence-electron chi connectivity index (χ3n) is 3.53. The molecule has 5 heteroatoms. The molecule has 0 atom stereocenters. The fourth-order valence-electron chi connectivity index (χ4n) is 2.49. The van der Waals surface area contributed by atoms with Crippen LogP contribution >= 0.6 is 0 Å². The Labute approximate surface area is 117 Å². The van der Waals surface area contributed by atoms with Crippen LogP contribution in [0.25, 0.3) is 0 Å². The molecule has 2 aromatic rings. The number of carbonyl (C=O) groups is 1. The lowest BCUT2D eigenvalue weighted by atomic mass is 10.0. The molecule has 3 rings (SSSR count). The second-order valence-electron chi connectivity index (χ2n) is 4.87. The molecule has 2 N–H and O–H groups in total. The zero-order chi connectivity index (χ0) is 13.9. The number of nitrogens with zero attached hydrogens (tertiary/aromatic N) is 1. The summed E-state index contributed by atoms with van der Waals surface area (Å²) in [6.45, 7) is 0. The van der Waals surface area contributed by atoms with E-state index in [0.29, 0.717) is 17.3 Å². The highest BCUT2D eigenvalue weighted by Gasteiger charge is 2.19. The number of benzene rings is 1. The average molecular weight is 271 g/mol. The van der Waals surface area contributed by atoms with Gasteiger partial charge in [-0.25, -0.2) is 4.98 Å². The number of methoxy groups -OCH3 is 1. The van der Waals surface area contributed by atoms with Crippen LogP contribution in [0.3, 0.4) is 0 Å². The number of ether oxygens (including phenoxy) is 1. The quantitative estimate of drug-likeness (QED) is 0.901. The zero-order valence-electron chi connectivity index (χ0n) is 11.4. The summed E-state index contributed by atoms with van der Waals surface area (Å²) in [5, 5.41) is 2.83. The molecule has 1 aromatic heterocycles. The van der Waals surface area contributed by atoms with Gasteiger partial charge in [-0.2, -0.15) is 0 Å². The first kappa shape index (κ1) is 12.7. The highest BCUT2D eigenvalue weighted by atomic mass is 16.5. The largest absolute Gasteiger partial charge is 0.495 e. The van der Waals surface area contributed by atoms with Crippen LogP contribution in [0.2, 0.25) is 0 Å². The fourth-order valence-corrected chi connectivity index (χ4v) is 2.49. The topological polar surface area (TPSA) is 67.0 Å². The second kappa shape index (κ2) is 5.36. The maximum Gasteiger partial charge on any atom is 0.291 e. The van der Waals surface area contributed by atoms with E-state index in [1.165, 1.54) is 0 Å². The molecule has 0 aliphatic heterocycles. The van der Waals surface area contributed by atoms with E-state index in [0.717, 1.165) is 37.1 Å². The van der Waals surface area contributed by atoms with Gasteiger partial charge in [0.15, 0.2) is 5.82 Å². The molecule has 0 unspecified atom stereocenters. The van der Waals surface area contributed by atoms with Crippen LogP contribution in [-0.4, -0.2) is 23.0 Å². The van der Waals surface area contributed by atoms with E-state index in [9.17, 15) is 4.79 Å². The van der Waals surface area contributed by atoms with Crippen LogP contribution in [0.5, 0.6) is 5.75 Å². The molecule has 0 spiro atoms. The summed E-state index contributed by atoms with van der Waals surface area (Å²) in [5.74, 6) is 0.781. The molecule has 1 aliphatic rings. The minimum Gasteiger partial charge on any atom is -0.495 e. The Morgan fingerprint density at radius 1 is 1.30 bits per heavy atom. The molecule has 0 fully saturated rings. The molecule has 20 heavy (non-hydrogen) atoms. The highest BCUT2D eigenvalue weighted by Crippen LogP contribution is 2.24.